The summed E-state index contributed by atoms with van der Waals surface area (Å²) in [5.41, 5.74) is 3.31. The number of carbonyl (C=O) groups excluding carboxylic acids is 1. The zero-order valence-corrected chi connectivity index (χ0v) is 18.8. The van der Waals surface area contributed by atoms with Crippen LogP contribution in [0.15, 0.2) is 66.7 Å². The van der Waals surface area contributed by atoms with Crippen molar-refractivity contribution >= 4 is 17.5 Å². The van der Waals surface area contributed by atoms with E-state index in [2.05, 4.69) is 4.90 Å². The summed E-state index contributed by atoms with van der Waals surface area (Å²) in [4.78, 5) is 17.1. The number of carbonyl (C=O) groups is 1. The third kappa shape index (κ3) is 5.47. The first-order chi connectivity index (χ1) is 15.5. The van der Waals surface area contributed by atoms with E-state index in [4.69, 9.17) is 16.3 Å². The van der Waals surface area contributed by atoms with Crippen LogP contribution < -0.4 is 4.74 Å². The van der Waals surface area contributed by atoms with Crippen molar-refractivity contribution in [3.05, 3.63) is 99.8 Å². The molecule has 0 unspecified atom stereocenters. The number of hydrogen-bond donors (Lipinski definition) is 0. The summed E-state index contributed by atoms with van der Waals surface area (Å²) in [5, 5.41) is 0.566. The van der Waals surface area contributed by atoms with Gasteiger partial charge in [0.1, 0.15) is 18.2 Å². The molecule has 0 bridgehead atoms. The van der Waals surface area contributed by atoms with Gasteiger partial charge in [0.2, 0.25) is 0 Å². The predicted octanol–water partition coefficient (Wildman–Crippen LogP) is 5.32. The summed E-state index contributed by atoms with van der Waals surface area (Å²) < 4.78 is 19.8. The molecule has 1 heterocycles. The Bertz CT molecular complexity index is 1100. The van der Waals surface area contributed by atoms with E-state index in [1.54, 1.807) is 6.07 Å². The van der Waals surface area contributed by atoms with Gasteiger partial charge in [-0.15, -0.1) is 0 Å². The lowest BCUT2D eigenvalue weighted by atomic mass is 10.1. The van der Waals surface area contributed by atoms with Crippen LogP contribution in [0.25, 0.3) is 0 Å². The van der Waals surface area contributed by atoms with Gasteiger partial charge in [0.15, 0.2) is 0 Å². The summed E-state index contributed by atoms with van der Waals surface area (Å²) in [6.45, 7) is 5.55. The molecular weight excluding hydrogens is 427 g/mol. The van der Waals surface area contributed by atoms with Crippen molar-refractivity contribution in [2.45, 2.75) is 20.1 Å². The smallest absolute Gasteiger partial charge is 0.253 e. The van der Waals surface area contributed by atoms with E-state index >= 15 is 0 Å². The molecule has 4 rings (SSSR count). The van der Waals surface area contributed by atoms with Gasteiger partial charge in [-0.25, -0.2) is 4.39 Å². The van der Waals surface area contributed by atoms with Crippen molar-refractivity contribution in [1.82, 2.24) is 9.80 Å². The molecule has 0 spiro atoms. The van der Waals surface area contributed by atoms with Gasteiger partial charge in [0.05, 0.1) is 5.02 Å². The maximum atomic E-state index is 13.9. The molecule has 3 aromatic carbocycles. The number of ether oxygens (including phenoxy) is 1. The van der Waals surface area contributed by atoms with E-state index < -0.39 is 0 Å². The van der Waals surface area contributed by atoms with Crippen molar-refractivity contribution < 1.29 is 13.9 Å². The van der Waals surface area contributed by atoms with Crippen molar-refractivity contribution in [2.75, 3.05) is 26.2 Å². The van der Waals surface area contributed by atoms with Crippen LogP contribution in [0.4, 0.5) is 4.39 Å². The highest BCUT2D eigenvalue weighted by Crippen LogP contribution is 2.26. The lowest BCUT2D eigenvalue weighted by Crippen LogP contribution is -2.48. The fraction of sp³-hybridized carbons (Fsp3) is 0.269. The molecule has 1 aliphatic heterocycles. The Hall–Kier alpha value is -2.89. The Morgan fingerprint density at radius 3 is 2.56 bits per heavy atom. The molecule has 1 amide bonds. The molecule has 0 atom stereocenters. The van der Waals surface area contributed by atoms with Crippen LogP contribution in [0.2, 0.25) is 5.02 Å². The maximum Gasteiger partial charge on any atom is 0.253 e. The number of nitrogens with zero attached hydrogens (tertiary/aromatic N) is 2. The fourth-order valence-corrected chi connectivity index (χ4v) is 4.01. The molecule has 4 nitrogen and oxygen atoms in total. The number of rotatable bonds is 6. The molecule has 0 aliphatic carbocycles. The van der Waals surface area contributed by atoms with Crippen LogP contribution in [0, 0.1) is 12.7 Å². The molecule has 0 N–H and O–H groups in total. The number of piperazine rings is 1. The first-order valence-corrected chi connectivity index (χ1v) is 11.1. The van der Waals surface area contributed by atoms with Crippen LogP contribution in [0.5, 0.6) is 5.75 Å². The van der Waals surface area contributed by atoms with Crippen LogP contribution in [-0.4, -0.2) is 41.9 Å². The average Bonchev–Trinajstić information content (AvgIpc) is 2.81. The molecule has 1 aliphatic rings. The van der Waals surface area contributed by atoms with E-state index in [1.165, 1.54) is 6.07 Å². The standard InChI is InChI=1S/C26H26ClFN2O2/c1-19-9-10-23(27)25(15-19)32-18-20-5-4-7-21(16-20)26(31)30-13-11-29(12-14-30)17-22-6-2-3-8-24(22)28/h2-10,15-16H,11-14,17-18H2,1H3. The van der Waals surface area contributed by atoms with Gasteiger partial charge in [-0.05, 0) is 48.4 Å². The Labute approximate surface area is 193 Å². The molecule has 166 valence electrons. The van der Waals surface area contributed by atoms with Crippen LogP contribution in [-0.2, 0) is 13.2 Å². The fourth-order valence-electron chi connectivity index (χ4n) is 3.84. The highest BCUT2D eigenvalue weighted by Gasteiger charge is 2.23. The SMILES string of the molecule is Cc1ccc(Cl)c(OCc2cccc(C(=O)N3CCN(Cc4ccccc4F)CC3)c2)c1. The maximum absolute atomic E-state index is 13.9. The van der Waals surface area contributed by atoms with Gasteiger partial charge in [-0.1, -0.05) is 48.0 Å². The highest BCUT2D eigenvalue weighted by molar-refractivity contribution is 6.32. The van der Waals surface area contributed by atoms with Crippen LogP contribution >= 0.6 is 11.6 Å². The van der Waals surface area contributed by atoms with Crippen LogP contribution in [0.3, 0.4) is 0 Å². The highest BCUT2D eigenvalue weighted by atomic mass is 35.5. The minimum Gasteiger partial charge on any atom is -0.487 e. The quantitative estimate of drug-likeness (QED) is 0.507. The number of halogens is 2. The first-order valence-electron chi connectivity index (χ1n) is 10.7. The summed E-state index contributed by atoms with van der Waals surface area (Å²) in [7, 11) is 0. The number of benzene rings is 3. The van der Waals surface area contributed by atoms with Gasteiger partial charge in [-0.3, -0.25) is 9.69 Å². The van der Waals surface area contributed by atoms with Crippen molar-refractivity contribution in [3.8, 4) is 5.75 Å². The molecule has 1 fully saturated rings. The second-order valence-electron chi connectivity index (χ2n) is 8.08. The molecule has 1 saturated heterocycles. The molecule has 32 heavy (non-hydrogen) atoms. The van der Waals surface area contributed by atoms with E-state index in [1.807, 2.05) is 66.4 Å². The number of amides is 1. The Morgan fingerprint density at radius 2 is 1.78 bits per heavy atom. The third-order valence-corrected chi connectivity index (χ3v) is 5.98. The largest absolute Gasteiger partial charge is 0.487 e. The monoisotopic (exact) mass is 452 g/mol. The minimum absolute atomic E-state index is 0.00554. The van der Waals surface area contributed by atoms with Gasteiger partial charge in [0.25, 0.3) is 5.91 Å². The zero-order valence-electron chi connectivity index (χ0n) is 18.1. The molecule has 6 heteroatoms. The normalized spacial score (nSPS) is 14.4. The summed E-state index contributed by atoms with van der Waals surface area (Å²) in [6.07, 6.45) is 0. The van der Waals surface area contributed by atoms with Gasteiger partial charge in [0, 0.05) is 43.9 Å². The summed E-state index contributed by atoms with van der Waals surface area (Å²) >= 11 is 6.21. The average molecular weight is 453 g/mol. The van der Waals surface area contributed by atoms with E-state index in [0.717, 1.165) is 11.1 Å². The summed E-state index contributed by atoms with van der Waals surface area (Å²) in [5.74, 6) is 0.456. The van der Waals surface area contributed by atoms with Gasteiger partial charge < -0.3 is 9.64 Å². The molecule has 3 aromatic rings. The number of aryl methyl sites for hydroxylation is 1. The Kier molecular flexibility index (Phi) is 7.08. The van der Waals surface area contributed by atoms with E-state index in [9.17, 15) is 9.18 Å². The molecule has 0 saturated carbocycles. The Morgan fingerprint density at radius 1 is 1.00 bits per heavy atom. The van der Waals surface area contributed by atoms with Gasteiger partial charge in [-0.2, -0.15) is 0 Å². The zero-order chi connectivity index (χ0) is 22.5. The van der Waals surface area contributed by atoms with E-state index in [-0.39, 0.29) is 11.7 Å². The molecule has 0 aromatic heterocycles. The minimum atomic E-state index is -0.183. The second-order valence-corrected chi connectivity index (χ2v) is 8.49. The van der Waals surface area contributed by atoms with E-state index in [0.29, 0.717) is 61.2 Å². The first kappa shape index (κ1) is 22.3. The molecule has 0 radical (unpaired) electrons. The molecular formula is C26H26ClFN2O2. The summed E-state index contributed by atoms with van der Waals surface area (Å²) in [6, 6.07) is 20.0. The lowest BCUT2D eigenvalue weighted by molar-refractivity contribution is 0.0627. The second kappa shape index (κ2) is 10.2. The van der Waals surface area contributed by atoms with Crippen molar-refractivity contribution in [3.63, 3.8) is 0 Å². The Balaban J connectivity index is 1.34. The predicted molar refractivity (Wildman–Crippen MR) is 125 cm³/mol. The van der Waals surface area contributed by atoms with Crippen molar-refractivity contribution in [1.29, 1.82) is 0 Å². The number of hydrogen-bond acceptors (Lipinski definition) is 3. The third-order valence-electron chi connectivity index (χ3n) is 5.67. The van der Waals surface area contributed by atoms with Crippen molar-refractivity contribution in [2.24, 2.45) is 0 Å². The van der Waals surface area contributed by atoms with Gasteiger partial charge >= 0.3 is 0 Å². The van der Waals surface area contributed by atoms with Crippen LogP contribution in [0.1, 0.15) is 27.0 Å². The topological polar surface area (TPSA) is 32.8 Å². The lowest BCUT2D eigenvalue weighted by Gasteiger charge is -2.35.